The summed E-state index contributed by atoms with van der Waals surface area (Å²) in [5, 5.41) is 1.09. The second kappa shape index (κ2) is 7.60. The quantitative estimate of drug-likeness (QED) is 0.488. The van der Waals surface area contributed by atoms with Crippen LogP contribution in [0.15, 0.2) is 61.4 Å². The molecule has 2 aromatic heterocycles. The minimum atomic E-state index is 0.647. The Morgan fingerprint density at radius 1 is 1.07 bits per heavy atom. The van der Waals surface area contributed by atoms with Crippen molar-refractivity contribution in [2.45, 2.75) is 6.54 Å². The van der Waals surface area contributed by atoms with E-state index < -0.39 is 0 Å². The topological polar surface area (TPSA) is 63.3 Å². The third-order valence-electron chi connectivity index (χ3n) is 4.74. The molecule has 1 N–H and O–H groups in total. The number of rotatable bonds is 7. The minimum Gasteiger partial charge on any atom is -0.493 e. The predicted octanol–water partition coefficient (Wildman–Crippen LogP) is 4.32. The van der Waals surface area contributed by atoms with E-state index in [1.807, 2.05) is 42.5 Å². The molecule has 2 aromatic carbocycles. The van der Waals surface area contributed by atoms with Crippen LogP contribution in [-0.2, 0) is 6.54 Å². The second-order valence-corrected chi connectivity index (χ2v) is 6.45. The van der Waals surface area contributed by atoms with Crippen LogP contribution in [-0.4, -0.2) is 35.7 Å². The lowest BCUT2D eigenvalue weighted by molar-refractivity contribution is 0.354. The molecule has 6 heteroatoms. The molecule has 4 rings (SSSR count). The Bertz CT molecular complexity index is 1140. The van der Waals surface area contributed by atoms with Gasteiger partial charge < -0.3 is 19.4 Å². The molecule has 0 saturated carbocycles. The van der Waals surface area contributed by atoms with E-state index in [1.165, 1.54) is 0 Å². The number of aromatic amines is 1. The number of ether oxygens (including phenoxy) is 2. The van der Waals surface area contributed by atoms with Gasteiger partial charge in [0.05, 0.1) is 14.2 Å². The first kappa shape index (κ1) is 17.9. The fraction of sp³-hybridized carbons (Fsp3) is 0.182. The second-order valence-electron chi connectivity index (χ2n) is 6.45. The maximum absolute atomic E-state index is 5.44. The van der Waals surface area contributed by atoms with Crippen LogP contribution in [0.5, 0.6) is 11.5 Å². The van der Waals surface area contributed by atoms with Crippen molar-refractivity contribution < 1.29 is 9.47 Å². The third-order valence-corrected chi connectivity index (χ3v) is 4.74. The van der Waals surface area contributed by atoms with Crippen molar-refractivity contribution in [1.29, 1.82) is 0 Å². The minimum absolute atomic E-state index is 0.647. The molecule has 28 heavy (non-hydrogen) atoms. The van der Waals surface area contributed by atoms with Gasteiger partial charge in [0, 0.05) is 24.0 Å². The van der Waals surface area contributed by atoms with Gasteiger partial charge in [0.1, 0.15) is 17.4 Å². The van der Waals surface area contributed by atoms with E-state index in [9.17, 15) is 0 Å². The standard InChI is InChI=1S/C22H22N4O2/c1-4-11-26(13-15-9-10-18(27-2)19(12-15)28-3)22-21-20(23-14-24-22)16-7-5-6-8-17(16)25-21/h4-10,12,14,25H,1,11,13H2,2-3H3. The highest BCUT2D eigenvalue weighted by molar-refractivity contribution is 6.08. The zero-order valence-electron chi connectivity index (χ0n) is 16.0. The van der Waals surface area contributed by atoms with Gasteiger partial charge in [-0.15, -0.1) is 6.58 Å². The van der Waals surface area contributed by atoms with Crippen LogP contribution in [0.2, 0.25) is 0 Å². The monoisotopic (exact) mass is 374 g/mol. The van der Waals surface area contributed by atoms with E-state index >= 15 is 0 Å². The summed E-state index contributed by atoms with van der Waals surface area (Å²) in [5.74, 6) is 2.26. The number of hydrogen-bond donors (Lipinski definition) is 1. The summed E-state index contributed by atoms with van der Waals surface area (Å²) in [5.41, 5.74) is 3.97. The first-order chi connectivity index (χ1) is 13.7. The van der Waals surface area contributed by atoms with Gasteiger partial charge in [-0.25, -0.2) is 9.97 Å². The van der Waals surface area contributed by atoms with E-state index in [-0.39, 0.29) is 0 Å². The molecule has 4 aromatic rings. The molecule has 0 radical (unpaired) electrons. The van der Waals surface area contributed by atoms with Crippen molar-refractivity contribution in [1.82, 2.24) is 15.0 Å². The van der Waals surface area contributed by atoms with Crippen molar-refractivity contribution in [3.63, 3.8) is 0 Å². The molecule has 0 atom stereocenters. The van der Waals surface area contributed by atoms with Crippen LogP contribution in [0.4, 0.5) is 5.82 Å². The lowest BCUT2D eigenvalue weighted by atomic mass is 10.1. The zero-order valence-corrected chi connectivity index (χ0v) is 16.0. The molecule has 0 saturated heterocycles. The third kappa shape index (κ3) is 3.13. The Morgan fingerprint density at radius 3 is 2.68 bits per heavy atom. The van der Waals surface area contributed by atoms with Crippen LogP contribution in [0, 0.1) is 0 Å². The van der Waals surface area contributed by atoms with Crippen molar-refractivity contribution >= 4 is 27.8 Å². The van der Waals surface area contributed by atoms with Crippen LogP contribution in [0.1, 0.15) is 5.56 Å². The molecule has 0 spiro atoms. The van der Waals surface area contributed by atoms with Gasteiger partial charge in [-0.3, -0.25) is 0 Å². The summed E-state index contributed by atoms with van der Waals surface area (Å²) in [4.78, 5) is 14.7. The van der Waals surface area contributed by atoms with Gasteiger partial charge in [0.25, 0.3) is 0 Å². The summed E-state index contributed by atoms with van der Waals surface area (Å²) >= 11 is 0. The number of para-hydroxylation sites is 1. The molecule has 2 heterocycles. The summed E-state index contributed by atoms with van der Waals surface area (Å²) in [6, 6.07) is 14.1. The summed E-state index contributed by atoms with van der Waals surface area (Å²) in [6.07, 6.45) is 3.49. The Labute approximate surface area is 163 Å². The van der Waals surface area contributed by atoms with E-state index in [2.05, 4.69) is 32.5 Å². The van der Waals surface area contributed by atoms with Crippen LogP contribution in [0.3, 0.4) is 0 Å². The number of benzene rings is 2. The number of anilines is 1. The molecule has 142 valence electrons. The smallest absolute Gasteiger partial charge is 0.161 e. The molecule has 6 nitrogen and oxygen atoms in total. The number of aromatic nitrogens is 3. The summed E-state index contributed by atoms with van der Waals surface area (Å²) in [6.45, 7) is 5.21. The average molecular weight is 374 g/mol. The number of nitrogens with one attached hydrogen (secondary N) is 1. The van der Waals surface area contributed by atoms with Gasteiger partial charge in [0.2, 0.25) is 0 Å². The van der Waals surface area contributed by atoms with E-state index in [1.54, 1.807) is 20.5 Å². The van der Waals surface area contributed by atoms with Crippen LogP contribution in [0.25, 0.3) is 21.9 Å². The van der Waals surface area contributed by atoms with Gasteiger partial charge >= 0.3 is 0 Å². The van der Waals surface area contributed by atoms with Crippen LogP contribution >= 0.6 is 0 Å². The molecule has 0 aliphatic heterocycles. The SMILES string of the molecule is C=CCN(Cc1ccc(OC)c(OC)c1)c1ncnc2c1[nH]c1ccccc12. The summed E-state index contributed by atoms with van der Waals surface area (Å²) in [7, 11) is 3.27. The summed E-state index contributed by atoms with van der Waals surface area (Å²) < 4.78 is 10.8. The highest BCUT2D eigenvalue weighted by Gasteiger charge is 2.16. The Balaban J connectivity index is 1.77. The van der Waals surface area contributed by atoms with Gasteiger partial charge in [0.15, 0.2) is 17.3 Å². The highest BCUT2D eigenvalue weighted by Crippen LogP contribution is 2.31. The molecule has 0 aliphatic rings. The van der Waals surface area contributed by atoms with Gasteiger partial charge in [-0.2, -0.15) is 0 Å². The van der Waals surface area contributed by atoms with Gasteiger partial charge in [-0.1, -0.05) is 30.3 Å². The lowest BCUT2D eigenvalue weighted by Crippen LogP contribution is -2.24. The average Bonchev–Trinajstić information content (AvgIpc) is 3.12. The Hall–Kier alpha value is -3.54. The highest BCUT2D eigenvalue weighted by atomic mass is 16.5. The molecule has 0 unspecified atom stereocenters. The first-order valence-electron chi connectivity index (χ1n) is 9.03. The Kier molecular flexibility index (Phi) is 4.85. The van der Waals surface area contributed by atoms with E-state index in [4.69, 9.17) is 9.47 Å². The first-order valence-corrected chi connectivity index (χ1v) is 9.03. The molecule has 0 aliphatic carbocycles. The van der Waals surface area contributed by atoms with Gasteiger partial charge in [-0.05, 0) is 23.8 Å². The maximum Gasteiger partial charge on any atom is 0.161 e. The largest absolute Gasteiger partial charge is 0.493 e. The normalized spacial score (nSPS) is 10.9. The lowest BCUT2D eigenvalue weighted by Gasteiger charge is -2.23. The van der Waals surface area contributed by atoms with Crippen LogP contribution < -0.4 is 14.4 Å². The Morgan fingerprint density at radius 2 is 1.89 bits per heavy atom. The molecule has 0 bridgehead atoms. The molecular weight excluding hydrogens is 352 g/mol. The molecule has 0 fully saturated rings. The number of fused-ring (bicyclic) bond motifs is 3. The predicted molar refractivity (Wildman–Crippen MR) is 112 cm³/mol. The molecular formula is C22H22N4O2. The maximum atomic E-state index is 5.44. The zero-order chi connectivity index (χ0) is 19.5. The van der Waals surface area contributed by atoms with Crippen molar-refractivity contribution in [2.24, 2.45) is 0 Å². The van der Waals surface area contributed by atoms with E-state index in [0.717, 1.165) is 33.3 Å². The van der Waals surface area contributed by atoms with Crippen molar-refractivity contribution in [2.75, 3.05) is 25.7 Å². The molecule has 0 amide bonds. The number of H-pyrrole nitrogens is 1. The fourth-order valence-corrected chi connectivity index (χ4v) is 3.45. The number of hydrogen-bond acceptors (Lipinski definition) is 5. The number of nitrogens with zero attached hydrogens (tertiary/aromatic N) is 3. The van der Waals surface area contributed by atoms with Crippen molar-refractivity contribution in [3.05, 3.63) is 67.0 Å². The fourth-order valence-electron chi connectivity index (χ4n) is 3.45. The van der Waals surface area contributed by atoms with E-state index in [0.29, 0.717) is 24.6 Å². The van der Waals surface area contributed by atoms with Crippen molar-refractivity contribution in [3.8, 4) is 11.5 Å². The number of methoxy groups -OCH3 is 2.